The van der Waals surface area contributed by atoms with Gasteiger partial charge in [0.15, 0.2) is 0 Å². The van der Waals surface area contributed by atoms with Crippen molar-refractivity contribution in [3.05, 3.63) is 59.4 Å². The zero-order valence-electron chi connectivity index (χ0n) is 10.1. The molecule has 1 heterocycles. The lowest BCUT2D eigenvalue weighted by Crippen LogP contribution is -2.07. The molecule has 3 heteroatoms. The van der Waals surface area contributed by atoms with Crippen LogP contribution in [0.2, 0.25) is 0 Å². The van der Waals surface area contributed by atoms with Crippen LogP contribution in [0.1, 0.15) is 17.2 Å². The SMILES string of the molecule is COc1cccc2c1CC(c1ccccc1F)N2. The number of methoxy groups -OCH3 is 1. The first kappa shape index (κ1) is 11.1. The smallest absolute Gasteiger partial charge is 0.128 e. The molecule has 0 amide bonds. The molecule has 0 aromatic heterocycles. The molecule has 0 radical (unpaired) electrons. The Labute approximate surface area is 105 Å². The molecule has 0 aliphatic carbocycles. The van der Waals surface area contributed by atoms with Crippen molar-refractivity contribution in [2.75, 3.05) is 12.4 Å². The van der Waals surface area contributed by atoms with Gasteiger partial charge in [0.25, 0.3) is 0 Å². The maximum absolute atomic E-state index is 13.8. The van der Waals surface area contributed by atoms with E-state index in [1.807, 2.05) is 30.3 Å². The third kappa shape index (κ3) is 1.72. The second-order valence-corrected chi connectivity index (χ2v) is 4.41. The van der Waals surface area contributed by atoms with E-state index >= 15 is 0 Å². The molecule has 1 unspecified atom stereocenters. The standard InChI is InChI=1S/C15H14FNO/c1-18-15-8-4-7-13-11(15)9-14(17-13)10-5-2-3-6-12(10)16/h2-8,14,17H,9H2,1H3. The number of fused-ring (bicyclic) bond motifs is 1. The number of nitrogens with one attached hydrogen (secondary N) is 1. The summed E-state index contributed by atoms with van der Waals surface area (Å²) in [6.45, 7) is 0. The summed E-state index contributed by atoms with van der Waals surface area (Å²) in [5, 5.41) is 3.35. The molecule has 0 saturated heterocycles. The fourth-order valence-electron chi connectivity index (χ4n) is 2.49. The average Bonchev–Trinajstić information content (AvgIpc) is 2.82. The highest BCUT2D eigenvalue weighted by Crippen LogP contribution is 2.39. The first-order valence-corrected chi connectivity index (χ1v) is 5.96. The third-order valence-corrected chi connectivity index (χ3v) is 3.37. The summed E-state index contributed by atoms with van der Waals surface area (Å²) in [5.41, 5.74) is 2.85. The van der Waals surface area contributed by atoms with E-state index in [0.29, 0.717) is 5.56 Å². The van der Waals surface area contributed by atoms with Gasteiger partial charge in [-0.2, -0.15) is 0 Å². The monoisotopic (exact) mass is 243 g/mol. The van der Waals surface area contributed by atoms with Crippen molar-refractivity contribution in [2.45, 2.75) is 12.5 Å². The van der Waals surface area contributed by atoms with Crippen LogP contribution in [0, 0.1) is 5.82 Å². The molecule has 2 aromatic rings. The minimum Gasteiger partial charge on any atom is -0.496 e. The number of halogens is 1. The second kappa shape index (κ2) is 4.33. The Kier molecular flexibility index (Phi) is 2.67. The van der Waals surface area contributed by atoms with Gasteiger partial charge >= 0.3 is 0 Å². The van der Waals surface area contributed by atoms with Crippen LogP contribution >= 0.6 is 0 Å². The Morgan fingerprint density at radius 3 is 2.78 bits per heavy atom. The third-order valence-electron chi connectivity index (χ3n) is 3.37. The summed E-state index contributed by atoms with van der Waals surface area (Å²) in [6, 6.07) is 12.7. The lowest BCUT2D eigenvalue weighted by Gasteiger charge is -2.12. The normalized spacial score (nSPS) is 17.1. The summed E-state index contributed by atoms with van der Waals surface area (Å²) < 4.78 is 19.1. The van der Waals surface area contributed by atoms with Gasteiger partial charge in [-0.25, -0.2) is 4.39 Å². The molecule has 18 heavy (non-hydrogen) atoms. The van der Waals surface area contributed by atoms with Gasteiger partial charge in [0, 0.05) is 23.2 Å². The van der Waals surface area contributed by atoms with Gasteiger partial charge in [0.2, 0.25) is 0 Å². The lowest BCUT2D eigenvalue weighted by molar-refractivity contribution is 0.410. The van der Waals surface area contributed by atoms with Gasteiger partial charge in [-0.1, -0.05) is 24.3 Å². The molecule has 3 rings (SSSR count). The molecule has 1 atom stereocenters. The van der Waals surface area contributed by atoms with Gasteiger partial charge in [-0.3, -0.25) is 0 Å². The van der Waals surface area contributed by atoms with E-state index in [-0.39, 0.29) is 11.9 Å². The van der Waals surface area contributed by atoms with Crippen LogP contribution in [0.15, 0.2) is 42.5 Å². The maximum atomic E-state index is 13.8. The van der Waals surface area contributed by atoms with Gasteiger partial charge < -0.3 is 10.1 Å². The molecule has 0 fully saturated rings. The Morgan fingerprint density at radius 1 is 1.17 bits per heavy atom. The molecule has 0 saturated carbocycles. The number of hydrogen-bond acceptors (Lipinski definition) is 2. The van der Waals surface area contributed by atoms with E-state index in [2.05, 4.69) is 5.32 Å². The van der Waals surface area contributed by atoms with Crippen LogP contribution in [0.5, 0.6) is 5.75 Å². The molecule has 2 aromatic carbocycles. The minimum absolute atomic E-state index is 0.0162. The van der Waals surface area contributed by atoms with Gasteiger partial charge in [-0.15, -0.1) is 0 Å². The predicted molar refractivity (Wildman–Crippen MR) is 69.5 cm³/mol. The highest BCUT2D eigenvalue weighted by atomic mass is 19.1. The van der Waals surface area contributed by atoms with Crippen LogP contribution < -0.4 is 10.1 Å². The van der Waals surface area contributed by atoms with E-state index < -0.39 is 0 Å². The first-order chi connectivity index (χ1) is 8.79. The van der Waals surface area contributed by atoms with Crippen molar-refractivity contribution in [1.29, 1.82) is 0 Å². The number of rotatable bonds is 2. The maximum Gasteiger partial charge on any atom is 0.128 e. The first-order valence-electron chi connectivity index (χ1n) is 5.96. The van der Waals surface area contributed by atoms with E-state index in [1.165, 1.54) is 6.07 Å². The quantitative estimate of drug-likeness (QED) is 0.871. The van der Waals surface area contributed by atoms with E-state index in [4.69, 9.17) is 4.74 Å². The molecule has 1 aliphatic heterocycles. The van der Waals surface area contributed by atoms with Crippen molar-refractivity contribution in [3.63, 3.8) is 0 Å². The zero-order valence-corrected chi connectivity index (χ0v) is 10.1. The molecular formula is C15H14FNO. The van der Waals surface area contributed by atoms with E-state index in [0.717, 1.165) is 23.4 Å². The summed E-state index contributed by atoms with van der Waals surface area (Å²) in [6.07, 6.45) is 0.750. The average molecular weight is 243 g/mol. The highest BCUT2D eigenvalue weighted by molar-refractivity contribution is 5.63. The highest BCUT2D eigenvalue weighted by Gasteiger charge is 2.26. The topological polar surface area (TPSA) is 21.3 Å². The lowest BCUT2D eigenvalue weighted by atomic mass is 10.0. The number of ether oxygens (including phenoxy) is 1. The molecule has 0 bridgehead atoms. The fourth-order valence-corrected chi connectivity index (χ4v) is 2.49. The van der Waals surface area contributed by atoms with Crippen molar-refractivity contribution < 1.29 is 9.13 Å². The van der Waals surface area contributed by atoms with E-state index in [9.17, 15) is 4.39 Å². The van der Waals surface area contributed by atoms with E-state index in [1.54, 1.807) is 13.2 Å². The summed E-state index contributed by atoms with van der Waals surface area (Å²) >= 11 is 0. The van der Waals surface area contributed by atoms with Crippen LogP contribution in [-0.4, -0.2) is 7.11 Å². The largest absolute Gasteiger partial charge is 0.496 e. The minimum atomic E-state index is -0.165. The Bertz CT molecular complexity index is 582. The van der Waals surface area contributed by atoms with Gasteiger partial charge in [-0.05, 0) is 18.2 Å². The molecule has 92 valence electrons. The van der Waals surface area contributed by atoms with Gasteiger partial charge in [0.1, 0.15) is 11.6 Å². The fraction of sp³-hybridized carbons (Fsp3) is 0.200. The zero-order chi connectivity index (χ0) is 12.5. The van der Waals surface area contributed by atoms with Crippen LogP contribution in [0.4, 0.5) is 10.1 Å². The van der Waals surface area contributed by atoms with Crippen LogP contribution in [0.3, 0.4) is 0 Å². The van der Waals surface area contributed by atoms with Gasteiger partial charge in [0.05, 0.1) is 13.2 Å². The van der Waals surface area contributed by atoms with Crippen LogP contribution in [-0.2, 0) is 6.42 Å². The predicted octanol–water partition coefficient (Wildman–Crippen LogP) is 3.54. The number of benzene rings is 2. The van der Waals surface area contributed by atoms with Crippen molar-refractivity contribution >= 4 is 5.69 Å². The van der Waals surface area contributed by atoms with Crippen molar-refractivity contribution in [2.24, 2.45) is 0 Å². The summed E-state index contributed by atoms with van der Waals surface area (Å²) in [5.74, 6) is 0.695. The Balaban J connectivity index is 1.96. The number of anilines is 1. The molecule has 2 nitrogen and oxygen atoms in total. The molecule has 0 spiro atoms. The van der Waals surface area contributed by atoms with Crippen molar-refractivity contribution in [1.82, 2.24) is 0 Å². The van der Waals surface area contributed by atoms with Crippen LogP contribution in [0.25, 0.3) is 0 Å². The summed E-state index contributed by atoms with van der Waals surface area (Å²) in [4.78, 5) is 0. The molecular weight excluding hydrogens is 229 g/mol. The summed E-state index contributed by atoms with van der Waals surface area (Å²) in [7, 11) is 1.66. The number of hydrogen-bond donors (Lipinski definition) is 1. The molecule has 1 N–H and O–H groups in total. The Morgan fingerprint density at radius 2 is 2.00 bits per heavy atom. The Hall–Kier alpha value is -2.03. The molecule has 1 aliphatic rings. The van der Waals surface area contributed by atoms with Crippen molar-refractivity contribution in [3.8, 4) is 5.75 Å². The second-order valence-electron chi connectivity index (χ2n) is 4.41.